The minimum absolute atomic E-state index is 0. The van der Waals surface area contributed by atoms with E-state index in [0.29, 0.717) is 23.9 Å². The van der Waals surface area contributed by atoms with Crippen LogP contribution in [-0.4, -0.2) is 59.3 Å². The van der Waals surface area contributed by atoms with E-state index in [1.54, 1.807) is 24.3 Å². The Bertz CT molecular complexity index is 933. The summed E-state index contributed by atoms with van der Waals surface area (Å²) in [5.74, 6) is 0.457. The zero-order valence-electron chi connectivity index (χ0n) is 18.4. The summed E-state index contributed by atoms with van der Waals surface area (Å²) in [6.07, 6.45) is 1.94. The first-order valence-corrected chi connectivity index (χ1v) is 11.8. The van der Waals surface area contributed by atoms with Gasteiger partial charge in [0.2, 0.25) is 0 Å². The van der Waals surface area contributed by atoms with Crippen LogP contribution in [0.2, 0.25) is 0 Å². The van der Waals surface area contributed by atoms with Crippen molar-refractivity contribution in [2.75, 3.05) is 40.0 Å². The molecule has 0 saturated heterocycles. The molecule has 2 aromatic carbocycles. The molecule has 0 aliphatic rings. The molecule has 2 aromatic rings. The van der Waals surface area contributed by atoms with E-state index < -0.39 is 9.84 Å². The number of nitrogens with one attached hydrogen (secondary N) is 2. The number of sulfone groups is 1. The molecular formula is C22H32FIN4O2S. The lowest BCUT2D eigenvalue weighted by Gasteiger charge is -2.23. The number of benzene rings is 2. The molecule has 6 nitrogen and oxygen atoms in total. The van der Waals surface area contributed by atoms with E-state index in [1.165, 1.54) is 18.4 Å². The number of hydrogen-bond donors (Lipinski definition) is 2. The second kappa shape index (κ2) is 13.0. The molecular weight excluding hydrogens is 530 g/mol. The van der Waals surface area contributed by atoms with Crippen molar-refractivity contribution in [3.63, 3.8) is 0 Å². The Kier molecular flexibility index (Phi) is 11.4. The Morgan fingerprint density at radius 2 is 1.68 bits per heavy atom. The summed E-state index contributed by atoms with van der Waals surface area (Å²) < 4.78 is 36.3. The lowest BCUT2D eigenvalue weighted by molar-refractivity contribution is 0.306. The van der Waals surface area contributed by atoms with Crippen LogP contribution in [0.5, 0.6) is 0 Å². The minimum atomic E-state index is -3.18. The molecule has 0 aromatic heterocycles. The van der Waals surface area contributed by atoms with Gasteiger partial charge in [-0.2, -0.15) is 0 Å². The molecule has 0 aliphatic heterocycles. The van der Waals surface area contributed by atoms with Gasteiger partial charge >= 0.3 is 0 Å². The minimum Gasteiger partial charge on any atom is -0.357 e. The van der Waals surface area contributed by atoms with Gasteiger partial charge in [-0.3, -0.25) is 4.99 Å². The van der Waals surface area contributed by atoms with Gasteiger partial charge < -0.3 is 15.5 Å². The smallest absolute Gasteiger partial charge is 0.191 e. The molecule has 9 heteroatoms. The van der Waals surface area contributed by atoms with E-state index in [4.69, 9.17) is 4.99 Å². The monoisotopic (exact) mass is 562 g/mol. The Labute approximate surface area is 202 Å². The van der Waals surface area contributed by atoms with Crippen LogP contribution in [0.25, 0.3) is 0 Å². The highest BCUT2D eigenvalue weighted by Crippen LogP contribution is 2.19. The summed E-state index contributed by atoms with van der Waals surface area (Å²) in [4.78, 5) is 7.07. The van der Waals surface area contributed by atoms with Crippen LogP contribution >= 0.6 is 24.0 Å². The van der Waals surface area contributed by atoms with Crippen LogP contribution < -0.4 is 10.6 Å². The van der Waals surface area contributed by atoms with Gasteiger partial charge in [0.25, 0.3) is 0 Å². The van der Waals surface area contributed by atoms with E-state index in [0.717, 1.165) is 24.1 Å². The maximum atomic E-state index is 13.2. The van der Waals surface area contributed by atoms with E-state index in [1.807, 2.05) is 33.2 Å². The third-order valence-electron chi connectivity index (χ3n) is 4.70. The van der Waals surface area contributed by atoms with Gasteiger partial charge in [0.1, 0.15) is 5.82 Å². The zero-order chi connectivity index (χ0) is 22.1. The van der Waals surface area contributed by atoms with E-state index in [2.05, 4.69) is 15.5 Å². The summed E-state index contributed by atoms with van der Waals surface area (Å²) in [5, 5.41) is 6.54. The van der Waals surface area contributed by atoms with Gasteiger partial charge in [-0.25, -0.2) is 12.8 Å². The lowest BCUT2D eigenvalue weighted by Crippen LogP contribution is -2.39. The van der Waals surface area contributed by atoms with Gasteiger partial charge in [0.15, 0.2) is 15.8 Å². The summed E-state index contributed by atoms with van der Waals surface area (Å²) in [7, 11) is 0.774. The van der Waals surface area contributed by atoms with Crippen molar-refractivity contribution >= 4 is 39.8 Å². The van der Waals surface area contributed by atoms with Crippen molar-refractivity contribution in [3.8, 4) is 0 Å². The summed E-state index contributed by atoms with van der Waals surface area (Å²) in [5.41, 5.74) is 2.05. The molecule has 0 heterocycles. The fraction of sp³-hybridized carbons (Fsp3) is 0.409. The third kappa shape index (κ3) is 9.12. The van der Waals surface area contributed by atoms with Crippen molar-refractivity contribution in [1.29, 1.82) is 0 Å². The molecule has 0 spiro atoms. The molecule has 31 heavy (non-hydrogen) atoms. The molecule has 0 fully saturated rings. The van der Waals surface area contributed by atoms with Crippen molar-refractivity contribution in [2.45, 2.75) is 24.3 Å². The molecule has 172 valence electrons. The van der Waals surface area contributed by atoms with Crippen LogP contribution in [0.15, 0.2) is 58.4 Å². The second-order valence-electron chi connectivity index (χ2n) is 7.34. The molecule has 0 bridgehead atoms. The van der Waals surface area contributed by atoms with Crippen LogP contribution in [0, 0.1) is 5.82 Å². The van der Waals surface area contributed by atoms with Gasteiger partial charge in [0.05, 0.1) is 17.5 Å². The van der Waals surface area contributed by atoms with Crippen molar-refractivity contribution in [3.05, 3.63) is 65.5 Å². The first kappa shape index (κ1) is 27.3. The summed E-state index contributed by atoms with van der Waals surface area (Å²) in [6.45, 7) is 3.92. The molecule has 2 rings (SSSR count). The second-order valence-corrected chi connectivity index (χ2v) is 9.36. The Hall–Kier alpha value is -1.72. The van der Waals surface area contributed by atoms with Crippen LogP contribution in [0.1, 0.15) is 24.1 Å². The van der Waals surface area contributed by atoms with Crippen LogP contribution in [-0.2, 0) is 16.3 Å². The van der Waals surface area contributed by atoms with Crippen LogP contribution in [0.4, 0.5) is 4.39 Å². The van der Waals surface area contributed by atoms with Gasteiger partial charge in [0, 0.05) is 19.3 Å². The van der Waals surface area contributed by atoms with Gasteiger partial charge in [-0.05, 0) is 62.8 Å². The highest BCUT2D eigenvalue weighted by atomic mass is 127. The van der Waals surface area contributed by atoms with Crippen molar-refractivity contribution in [2.24, 2.45) is 4.99 Å². The molecule has 0 radical (unpaired) electrons. The first-order valence-electron chi connectivity index (χ1n) is 9.93. The number of likely N-dealkylation sites (N-methyl/N-ethyl adjacent to an activating group) is 1. The average molecular weight is 562 g/mol. The van der Waals surface area contributed by atoms with Crippen molar-refractivity contribution in [1.82, 2.24) is 15.5 Å². The Morgan fingerprint density at radius 3 is 2.19 bits per heavy atom. The number of aliphatic imine (C=N–C) groups is 1. The largest absolute Gasteiger partial charge is 0.357 e. The fourth-order valence-electron chi connectivity index (χ4n) is 3.00. The highest BCUT2D eigenvalue weighted by Gasteiger charge is 2.14. The van der Waals surface area contributed by atoms with E-state index in [9.17, 15) is 12.8 Å². The summed E-state index contributed by atoms with van der Waals surface area (Å²) in [6, 6.07) is 13.5. The average Bonchev–Trinajstić information content (AvgIpc) is 2.69. The maximum absolute atomic E-state index is 13.2. The van der Waals surface area contributed by atoms with Gasteiger partial charge in [-0.15, -0.1) is 24.0 Å². The third-order valence-corrected chi connectivity index (χ3v) is 5.83. The van der Waals surface area contributed by atoms with Crippen molar-refractivity contribution < 1.29 is 12.8 Å². The predicted molar refractivity (Wildman–Crippen MR) is 135 cm³/mol. The number of rotatable bonds is 9. The zero-order valence-corrected chi connectivity index (χ0v) is 21.6. The SMILES string of the molecule is CCNC(=NCC(c1ccc(F)cc1)N(C)C)NCCc1ccc(S(C)(=O)=O)cc1.I. The Morgan fingerprint density at radius 1 is 1.06 bits per heavy atom. The fourth-order valence-corrected chi connectivity index (χ4v) is 3.63. The van der Waals surface area contributed by atoms with Crippen LogP contribution in [0.3, 0.4) is 0 Å². The quantitative estimate of drug-likeness (QED) is 0.279. The number of hydrogen-bond acceptors (Lipinski definition) is 4. The summed E-state index contributed by atoms with van der Waals surface area (Å²) >= 11 is 0. The lowest BCUT2D eigenvalue weighted by atomic mass is 10.1. The number of nitrogens with zero attached hydrogens (tertiary/aromatic N) is 2. The van der Waals surface area contributed by atoms with E-state index >= 15 is 0 Å². The maximum Gasteiger partial charge on any atom is 0.191 e. The standard InChI is InChI=1S/C22H31FN4O2S.HI/c1-5-24-22(25-15-14-17-6-12-20(13-7-17)30(4,28)29)26-16-21(27(2)3)18-8-10-19(23)11-9-18;/h6-13,21H,5,14-16H2,1-4H3,(H2,24,25,26);1H. The molecule has 0 amide bonds. The number of guanidine groups is 1. The molecule has 0 saturated carbocycles. The molecule has 1 unspecified atom stereocenters. The normalized spacial score (nSPS) is 12.9. The van der Waals surface area contributed by atoms with Gasteiger partial charge in [-0.1, -0.05) is 24.3 Å². The molecule has 2 N–H and O–H groups in total. The topological polar surface area (TPSA) is 73.8 Å². The first-order chi connectivity index (χ1) is 14.2. The predicted octanol–water partition coefficient (Wildman–Crippen LogP) is 3.25. The number of halogens is 2. The molecule has 0 aliphatic carbocycles. The van der Waals surface area contributed by atoms with E-state index in [-0.39, 0.29) is 35.8 Å². The highest BCUT2D eigenvalue weighted by molar-refractivity contribution is 14.0. The molecule has 1 atom stereocenters. The Balaban J connectivity index is 0.00000480.